The van der Waals surface area contributed by atoms with Crippen LogP contribution in [0.2, 0.25) is 0 Å². The molecule has 154 valence electrons. The maximum atomic E-state index is 12.8. The van der Waals surface area contributed by atoms with E-state index in [0.29, 0.717) is 26.2 Å². The molecule has 0 N–H and O–H groups in total. The third kappa shape index (κ3) is 4.25. The molecule has 2 aromatic heterocycles. The van der Waals surface area contributed by atoms with Gasteiger partial charge in [0.25, 0.3) is 0 Å². The van der Waals surface area contributed by atoms with Crippen LogP contribution in [0.25, 0.3) is 11.3 Å². The number of amides is 1. The van der Waals surface area contributed by atoms with Crippen molar-refractivity contribution in [2.45, 2.75) is 20.4 Å². The summed E-state index contributed by atoms with van der Waals surface area (Å²) in [5, 5.41) is 8.75. The quantitative estimate of drug-likeness (QED) is 0.668. The highest BCUT2D eigenvalue weighted by molar-refractivity contribution is 5.76. The Kier molecular flexibility index (Phi) is 5.61. The molecule has 1 amide bonds. The summed E-state index contributed by atoms with van der Waals surface area (Å²) in [5.74, 6) is 0.892. The molecule has 7 heteroatoms. The van der Waals surface area contributed by atoms with Crippen LogP contribution < -0.4 is 10.3 Å². The summed E-state index contributed by atoms with van der Waals surface area (Å²) in [6.45, 7) is 6.68. The Balaban J connectivity index is 1.37. The zero-order chi connectivity index (χ0) is 21.1. The molecule has 4 rings (SSSR count). The molecule has 3 heterocycles. The Hall–Kier alpha value is -3.48. The largest absolute Gasteiger partial charge is 0.352 e. The van der Waals surface area contributed by atoms with Gasteiger partial charge < -0.3 is 14.4 Å². The first-order valence-electron chi connectivity index (χ1n) is 10.1. The van der Waals surface area contributed by atoms with E-state index in [2.05, 4.69) is 15.1 Å². The number of carbonyl (C=O) groups is 1. The fraction of sp³-hybridized carbons (Fsp3) is 0.304. The predicted octanol–water partition coefficient (Wildman–Crippen LogP) is 2.27. The van der Waals surface area contributed by atoms with Gasteiger partial charge in [-0.3, -0.25) is 9.59 Å². The SMILES string of the molecule is Cc1cc(=O)cc(C)n1CC(=O)N1CCN(c2ccc(-c3ccccc3)nn2)CC1. The molecule has 0 atom stereocenters. The number of carbonyl (C=O) groups excluding carboxylic acids is 1. The van der Waals surface area contributed by atoms with Gasteiger partial charge in [-0.1, -0.05) is 30.3 Å². The summed E-state index contributed by atoms with van der Waals surface area (Å²) in [4.78, 5) is 28.4. The highest BCUT2D eigenvalue weighted by Crippen LogP contribution is 2.19. The molecule has 1 saturated heterocycles. The third-order valence-corrected chi connectivity index (χ3v) is 5.52. The number of aryl methyl sites for hydroxylation is 2. The molecule has 3 aromatic rings. The average molecular weight is 403 g/mol. The van der Waals surface area contributed by atoms with Crippen LogP contribution in [0, 0.1) is 13.8 Å². The normalized spacial score (nSPS) is 14.1. The molecule has 1 aromatic carbocycles. The lowest BCUT2D eigenvalue weighted by Gasteiger charge is -2.35. The van der Waals surface area contributed by atoms with Crippen molar-refractivity contribution in [3.8, 4) is 11.3 Å². The molecular weight excluding hydrogens is 378 g/mol. The number of pyridine rings is 1. The van der Waals surface area contributed by atoms with Crippen LogP contribution in [0.4, 0.5) is 5.82 Å². The Morgan fingerprint density at radius 2 is 1.57 bits per heavy atom. The van der Waals surface area contributed by atoms with Crippen LogP contribution in [0.15, 0.2) is 59.4 Å². The maximum Gasteiger partial charge on any atom is 0.242 e. The van der Waals surface area contributed by atoms with E-state index in [1.54, 1.807) is 12.1 Å². The first-order valence-corrected chi connectivity index (χ1v) is 10.1. The van der Waals surface area contributed by atoms with E-state index in [-0.39, 0.29) is 17.9 Å². The molecule has 1 aliphatic heterocycles. The maximum absolute atomic E-state index is 12.8. The molecular formula is C23H25N5O2. The molecule has 0 saturated carbocycles. The van der Waals surface area contributed by atoms with Gasteiger partial charge in [-0.2, -0.15) is 0 Å². The first kappa shape index (κ1) is 19.8. The fourth-order valence-electron chi connectivity index (χ4n) is 3.81. The standard InChI is InChI=1S/C23H25N5O2/c1-17-14-20(29)15-18(2)28(17)16-23(30)27-12-10-26(11-13-27)22-9-8-21(24-25-22)19-6-4-3-5-7-19/h3-9,14-15H,10-13,16H2,1-2H3. The molecule has 30 heavy (non-hydrogen) atoms. The van der Waals surface area contributed by atoms with Crippen molar-refractivity contribution in [1.29, 1.82) is 0 Å². The molecule has 0 spiro atoms. The number of aromatic nitrogens is 3. The molecule has 7 nitrogen and oxygen atoms in total. The van der Waals surface area contributed by atoms with Gasteiger partial charge in [0.1, 0.15) is 6.54 Å². The first-order chi connectivity index (χ1) is 14.5. The van der Waals surface area contributed by atoms with Crippen molar-refractivity contribution < 1.29 is 4.79 Å². The molecule has 0 aliphatic carbocycles. The van der Waals surface area contributed by atoms with E-state index in [1.807, 2.05) is 65.8 Å². The van der Waals surface area contributed by atoms with Gasteiger partial charge in [-0.15, -0.1) is 10.2 Å². The number of anilines is 1. The van der Waals surface area contributed by atoms with Gasteiger partial charge in [-0.25, -0.2) is 0 Å². The predicted molar refractivity (Wildman–Crippen MR) is 116 cm³/mol. The van der Waals surface area contributed by atoms with Crippen LogP contribution in [-0.4, -0.2) is 51.8 Å². The van der Waals surface area contributed by atoms with E-state index < -0.39 is 0 Å². The number of hydrogen-bond donors (Lipinski definition) is 0. The summed E-state index contributed by atoms with van der Waals surface area (Å²) >= 11 is 0. The van der Waals surface area contributed by atoms with Gasteiger partial charge in [-0.05, 0) is 26.0 Å². The average Bonchev–Trinajstić information content (AvgIpc) is 2.77. The van der Waals surface area contributed by atoms with Crippen molar-refractivity contribution in [2.75, 3.05) is 31.1 Å². The van der Waals surface area contributed by atoms with Crippen LogP contribution in [0.3, 0.4) is 0 Å². The van der Waals surface area contributed by atoms with Crippen LogP contribution in [0.5, 0.6) is 0 Å². The monoisotopic (exact) mass is 403 g/mol. The Morgan fingerprint density at radius 1 is 0.900 bits per heavy atom. The van der Waals surface area contributed by atoms with Crippen LogP contribution in [0.1, 0.15) is 11.4 Å². The van der Waals surface area contributed by atoms with Crippen molar-refractivity contribution in [1.82, 2.24) is 19.7 Å². The molecule has 0 radical (unpaired) electrons. The van der Waals surface area contributed by atoms with Crippen LogP contribution in [-0.2, 0) is 11.3 Å². The van der Waals surface area contributed by atoms with Crippen molar-refractivity contribution >= 4 is 11.7 Å². The molecule has 0 unspecified atom stereocenters. The summed E-state index contributed by atoms with van der Waals surface area (Å²) in [5.41, 5.74) is 3.48. The zero-order valence-corrected chi connectivity index (χ0v) is 17.3. The molecule has 0 bridgehead atoms. The van der Waals surface area contributed by atoms with Gasteiger partial charge in [0.15, 0.2) is 11.2 Å². The summed E-state index contributed by atoms with van der Waals surface area (Å²) < 4.78 is 1.89. The second-order valence-corrected chi connectivity index (χ2v) is 7.57. The lowest BCUT2D eigenvalue weighted by atomic mass is 10.1. The second-order valence-electron chi connectivity index (χ2n) is 7.57. The van der Waals surface area contributed by atoms with Crippen molar-refractivity contribution in [3.63, 3.8) is 0 Å². The smallest absolute Gasteiger partial charge is 0.242 e. The zero-order valence-electron chi connectivity index (χ0n) is 17.3. The minimum atomic E-state index is -0.0262. The van der Waals surface area contributed by atoms with Crippen LogP contribution >= 0.6 is 0 Å². The van der Waals surface area contributed by atoms with Crippen molar-refractivity contribution in [3.05, 3.63) is 76.2 Å². The van der Waals surface area contributed by atoms with E-state index in [4.69, 9.17) is 0 Å². The number of rotatable bonds is 4. The topological polar surface area (TPSA) is 71.3 Å². The van der Waals surface area contributed by atoms with Gasteiger partial charge in [0, 0.05) is 55.3 Å². The highest BCUT2D eigenvalue weighted by atomic mass is 16.2. The summed E-state index contributed by atoms with van der Waals surface area (Å²) in [6.07, 6.45) is 0. The van der Waals surface area contributed by atoms with E-state index in [1.165, 1.54) is 0 Å². The summed E-state index contributed by atoms with van der Waals surface area (Å²) in [7, 11) is 0. The van der Waals surface area contributed by atoms with Gasteiger partial charge in [0.05, 0.1) is 5.69 Å². The minimum Gasteiger partial charge on any atom is -0.352 e. The van der Waals surface area contributed by atoms with Gasteiger partial charge >= 0.3 is 0 Å². The highest BCUT2D eigenvalue weighted by Gasteiger charge is 2.22. The Morgan fingerprint density at radius 3 is 2.17 bits per heavy atom. The third-order valence-electron chi connectivity index (χ3n) is 5.52. The van der Waals surface area contributed by atoms with E-state index >= 15 is 0 Å². The lowest BCUT2D eigenvalue weighted by molar-refractivity contribution is -0.132. The van der Waals surface area contributed by atoms with Crippen molar-refractivity contribution in [2.24, 2.45) is 0 Å². The summed E-state index contributed by atoms with van der Waals surface area (Å²) in [6, 6.07) is 17.1. The Labute approximate surface area is 175 Å². The van der Waals surface area contributed by atoms with Gasteiger partial charge in [0.2, 0.25) is 5.91 Å². The second kappa shape index (κ2) is 8.49. The number of piperazine rings is 1. The van der Waals surface area contributed by atoms with E-state index in [0.717, 1.165) is 28.5 Å². The molecule has 1 fully saturated rings. The Bertz CT molecular complexity index is 1060. The fourth-order valence-corrected chi connectivity index (χ4v) is 3.81. The van der Waals surface area contributed by atoms with E-state index in [9.17, 15) is 9.59 Å². The number of benzene rings is 1. The number of nitrogens with zero attached hydrogens (tertiary/aromatic N) is 5. The lowest BCUT2D eigenvalue weighted by Crippen LogP contribution is -2.50. The number of hydrogen-bond acceptors (Lipinski definition) is 5. The molecule has 1 aliphatic rings. The minimum absolute atomic E-state index is 0.0262.